The largest absolute Gasteiger partial charge is 0.490 e. The van der Waals surface area contributed by atoms with Crippen molar-refractivity contribution in [3.05, 3.63) is 42.0 Å². The van der Waals surface area contributed by atoms with Gasteiger partial charge in [0, 0.05) is 6.08 Å². The van der Waals surface area contributed by atoms with E-state index in [0.29, 0.717) is 11.3 Å². The molecule has 0 saturated heterocycles. The maximum absolute atomic E-state index is 10.1. The summed E-state index contributed by atoms with van der Waals surface area (Å²) < 4.78 is 5.20. The highest BCUT2D eigenvalue weighted by Crippen LogP contribution is 2.11. The van der Waals surface area contributed by atoms with Crippen molar-refractivity contribution in [3.63, 3.8) is 0 Å². The molecule has 4 nitrogen and oxygen atoms in total. The van der Waals surface area contributed by atoms with Crippen molar-refractivity contribution in [2.45, 2.75) is 0 Å². The molecule has 1 aromatic carbocycles. The van der Waals surface area contributed by atoms with Crippen LogP contribution in [0.15, 0.2) is 36.4 Å². The molecule has 0 amide bonds. The molecule has 0 aliphatic rings. The van der Waals surface area contributed by atoms with Gasteiger partial charge < -0.3 is 9.84 Å². The van der Waals surface area contributed by atoms with Crippen LogP contribution in [0.5, 0.6) is 5.75 Å². The van der Waals surface area contributed by atoms with E-state index in [4.69, 9.17) is 15.1 Å². The van der Waals surface area contributed by atoms with E-state index < -0.39 is 5.97 Å². The monoisotopic (exact) mass is 203 g/mol. The fourth-order valence-electron chi connectivity index (χ4n) is 0.919. The van der Waals surface area contributed by atoms with Gasteiger partial charge in [0.2, 0.25) is 0 Å². The number of nitriles is 1. The molecule has 0 atom stereocenters. The third-order valence-corrected chi connectivity index (χ3v) is 1.59. The molecular weight excluding hydrogens is 194 g/mol. The molecule has 0 spiro atoms. The van der Waals surface area contributed by atoms with E-state index in [9.17, 15) is 4.79 Å². The van der Waals surface area contributed by atoms with E-state index in [1.807, 2.05) is 6.07 Å². The van der Waals surface area contributed by atoms with Gasteiger partial charge in [0.15, 0.2) is 0 Å². The first-order valence-corrected chi connectivity index (χ1v) is 4.25. The molecule has 1 N–H and O–H groups in total. The van der Waals surface area contributed by atoms with Gasteiger partial charge in [-0.3, -0.25) is 0 Å². The second kappa shape index (κ2) is 5.45. The van der Waals surface area contributed by atoms with Crippen LogP contribution in [0.1, 0.15) is 5.56 Å². The molecule has 4 heteroatoms. The molecule has 0 radical (unpaired) electrons. The second-order valence-corrected chi connectivity index (χ2v) is 2.69. The number of hydrogen-bond acceptors (Lipinski definition) is 3. The summed E-state index contributed by atoms with van der Waals surface area (Å²) >= 11 is 0. The van der Waals surface area contributed by atoms with Crippen LogP contribution in [0.2, 0.25) is 0 Å². The SMILES string of the molecule is N#Cc1ccc(OCC=CC(=O)O)cc1. The molecule has 0 heterocycles. The standard InChI is InChI=1S/C11H9NO3/c12-8-9-3-5-10(6-4-9)15-7-1-2-11(13)14/h1-6H,7H2,(H,13,14). The molecule has 76 valence electrons. The average Bonchev–Trinajstić information content (AvgIpc) is 2.25. The Morgan fingerprint density at radius 3 is 2.67 bits per heavy atom. The lowest BCUT2D eigenvalue weighted by Crippen LogP contribution is -1.95. The van der Waals surface area contributed by atoms with Gasteiger partial charge >= 0.3 is 5.97 Å². The van der Waals surface area contributed by atoms with Crippen molar-refractivity contribution in [2.75, 3.05) is 6.61 Å². The fourth-order valence-corrected chi connectivity index (χ4v) is 0.919. The summed E-state index contributed by atoms with van der Waals surface area (Å²) in [6.07, 6.45) is 2.42. The number of rotatable bonds is 4. The van der Waals surface area contributed by atoms with Gasteiger partial charge in [-0.2, -0.15) is 5.26 Å². The van der Waals surface area contributed by atoms with Gasteiger partial charge in [-0.05, 0) is 30.3 Å². The van der Waals surface area contributed by atoms with Gasteiger partial charge in [-0.25, -0.2) is 4.79 Å². The molecule has 0 saturated carbocycles. The Kier molecular flexibility index (Phi) is 3.92. The van der Waals surface area contributed by atoms with Crippen molar-refractivity contribution < 1.29 is 14.6 Å². The van der Waals surface area contributed by atoms with Gasteiger partial charge in [0.1, 0.15) is 12.4 Å². The highest BCUT2D eigenvalue weighted by atomic mass is 16.5. The number of carbonyl (C=O) groups is 1. The van der Waals surface area contributed by atoms with Crippen LogP contribution in [-0.2, 0) is 4.79 Å². The fraction of sp³-hybridized carbons (Fsp3) is 0.0909. The Balaban J connectivity index is 2.45. The first kappa shape index (κ1) is 10.8. The van der Waals surface area contributed by atoms with Crippen molar-refractivity contribution in [1.82, 2.24) is 0 Å². The molecule has 0 aliphatic carbocycles. The topological polar surface area (TPSA) is 70.3 Å². The first-order valence-electron chi connectivity index (χ1n) is 4.25. The normalized spacial score (nSPS) is 9.80. The van der Waals surface area contributed by atoms with Gasteiger partial charge in [-0.15, -0.1) is 0 Å². The van der Waals surface area contributed by atoms with E-state index in [2.05, 4.69) is 0 Å². The molecule has 0 aliphatic heterocycles. The molecule has 0 aromatic heterocycles. The Labute approximate surface area is 87.0 Å². The molecule has 0 bridgehead atoms. The zero-order chi connectivity index (χ0) is 11.1. The van der Waals surface area contributed by atoms with Crippen LogP contribution >= 0.6 is 0 Å². The molecule has 0 unspecified atom stereocenters. The average molecular weight is 203 g/mol. The smallest absolute Gasteiger partial charge is 0.328 e. The Morgan fingerprint density at radius 2 is 2.13 bits per heavy atom. The summed E-state index contributed by atoms with van der Waals surface area (Å²) in [5.41, 5.74) is 0.559. The highest BCUT2D eigenvalue weighted by Gasteiger charge is 1.93. The Morgan fingerprint density at radius 1 is 1.47 bits per heavy atom. The summed E-state index contributed by atoms with van der Waals surface area (Å²) in [6, 6.07) is 8.58. The minimum absolute atomic E-state index is 0.193. The minimum atomic E-state index is -1.00. The molecular formula is C11H9NO3. The van der Waals surface area contributed by atoms with Crippen LogP contribution in [0.3, 0.4) is 0 Å². The predicted octanol–water partition coefficient (Wildman–Crippen LogP) is 1.58. The quantitative estimate of drug-likeness (QED) is 0.754. The van der Waals surface area contributed by atoms with E-state index in [1.165, 1.54) is 6.08 Å². The van der Waals surface area contributed by atoms with E-state index in [0.717, 1.165) is 6.08 Å². The van der Waals surface area contributed by atoms with Crippen LogP contribution < -0.4 is 4.74 Å². The number of aliphatic carboxylic acids is 1. The summed E-state index contributed by atoms with van der Waals surface area (Å²) in [4.78, 5) is 10.1. The van der Waals surface area contributed by atoms with E-state index in [-0.39, 0.29) is 6.61 Å². The first-order chi connectivity index (χ1) is 7.22. The predicted molar refractivity (Wildman–Crippen MR) is 53.4 cm³/mol. The Hall–Kier alpha value is -2.28. The van der Waals surface area contributed by atoms with E-state index in [1.54, 1.807) is 24.3 Å². The van der Waals surface area contributed by atoms with Crippen molar-refractivity contribution >= 4 is 5.97 Å². The zero-order valence-corrected chi connectivity index (χ0v) is 7.88. The summed E-state index contributed by atoms with van der Waals surface area (Å²) in [5.74, 6) is -0.400. The lowest BCUT2D eigenvalue weighted by molar-refractivity contribution is -0.131. The van der Waals surface area contributed by atoms with Crippen molar-refractivity contribution in [1.29, 1.82) is 5.26 Å². The lowest BCUT2D eigenvalue weighted by atomic mass is 10.2. The number of benzene rings is 1. The second-order valence-electron chi connectivity index (χ2n) is 2.69. The number of carboxylic acids is 1. The summed E-state index contributed by atoms with van der Waals surface area (Å²) in [7, 11) is 0. The van der Waals surface area contributed by atoms with Gasteiger partial charge in [-0.1, -0.05) is 0 Å². The molecule has 15 heavy (non-hydrogen) atoms. The summed E-state index contributed by atoms with van der Waals surface area (Å²) in [5, 5.41) is 16.8. The number of hydrogen-bond donors (Lipinski definition) is 1. The number of carboxylic acid groups (broad SMARTS) is 1. The zero-order valence-electron chi connectivity index (χ0n) is 7.88. The maximum Gasteiger partial charge on any atom is 0.328 e. The van der Waals surface area contributed by atoms with Crippen molar-refractivity contribution in [2.24, 2.45) is 0 Å². The lowest BCUT2D eigenvalue weighted by Gasteiger charge is -2.01. The molecule has 0 fully saturated rings. The summed E-state index contributed by atoms with van der Waals surface area (Å²) in [6.45, 7) is 0.193. The van der Waals surface area contributed by atoms with Crippen LogP contribution in [0.4, 0.5) is 0 Å². The van der Waals surface area contributed by atoms with E-state index >= 15 is 0 Å². The van der Waals surface area contributed by atoms with Gasteiger partial charge in [0.05, 0.1) is 11.6 Å². The number of ether oxygens (including phenoxy) is 1. The maximum atomic E-state index is 10.1. The molecule has 1 aromatic rings. The third kappa shape index (κ3) is 3.96. The number of nitrogens with zero attached hydrogens (tertiary/aromatic N) is 1. The van der Waals surface area contributed by atoms with Crippen molar-refractivity contribution in [3.8, 4) is 11.8 Å². The third-order valence-electron chi connectivity index (χ3n) is 1.59. The van der Waals surface area contributed by atoms with Crippen LogP contribution in [0.25, 0.3) is 0 Å². The molecule has 1 rings (SSSR count). The van der Waals surface area contributed by atoms with Gasteiger partial charge in [0.25, 0.3) is 0 Å². The minimum Gasteiger partial charge on any atom is -0.490 e. The Bertz CT molecular complexity index is 401. The van der Waals surface area contributed by atoms with Crippen LogP contribution in [0, 0.1) is 11.3 Å². The van der Waals surface area contributed by atoms with Crippen LogP contribution in [-0.4, -0.2) is 17.7 Å². The highest BCUT2D eigenvalue weighted by molar-refractivity contribution is 5.79.